The van der Waals surface area contributed by atoms with Crippen LogP contribution >= 0.6 is 15.9 Å². The smallest absolute Gasteiger partial charge is 0.287 e. The molecule has 0 unspecified atom stereocenters. The quantitative estimate of drug-likeness (QED) is 0.636. The summed E-state index contributed by atoms with van der Waals surface area (Å²) in [5, 5.41) is 4.25. The van der Waals surface area contributed by atoms with E-state index in [-0.39, 0.29) is 5.91 Å². The van der Waals surface area contributed by atoms with E-state index in [1.165, 1.54) is 0 Å². The fourth-order valence-electron chi connectivity index (χ4n) is 1.81. The van der Waals surface area contributed by atoms with Gasteiger partial charge in [-0.25, -0.2) is 5.43 Å². The zero-order chi connectivity index (χ0) is 14.4. The molecule has 2 N–H and O–H groups in total. The molecule has 0 fully saturated rings. The number of benzene rings is 1. The Morgan fingerprint density at radius 1 is 1.35 bits per heavy atom. The van der Waals surface area contributed by atoms with Gasteiger partial charge in [-0.2, -0.15) is 5.10 Å². The predicted octanol–water partition coefficient (Wildman–Crippen LogP) is 3.71. The third-order valence-electron chi connectivity index (χ3n) is 2.78. The van der Waals surface area contributed by atoms with Gasteiger partial charge >= 0.3 is 0 Å². The van der Waals surface area contributed by atoms with Gasteiger partial charge in [0.25, 0.3) is 5.91 Å². The Bertz CT molecular complexity index is 605. The van der Waals surface area contributed by atoms with Crippen LogP contribution in [0.5, 0.6) is 0 Å². The maximum absolute atomic E-state index is 11.9. The Morgan fingerprint density at radius 2 is 2.10 bits per heavy atom. The van der Waals surface area contributed by atoms with Gasteiger partial charge < -0.3 is 4.98 Å². The van der Waals surface area contributed by atoms with Crippen molar-refractivity contribution in [2.75, 3.05) is 0 Å². The minimum absolute atomic E-state index is 0.250. The van der Waals surface area contributed by atoms with Crippen molar-refractivity contribution < 1.29 is 4.79 Å². The minimum Gasteiger partial charge on any atom is -0.356 e. The Hall–Kier alpha value is -1.88. The van der Waals surface area contributed by atoms with E-state index in [0.717, 1.165) is 28.6 Å². The lowest BCUT2D eigenvalue weighted by Crippen LogP contribution is -2.20. The molecule has 4 nitrogen and oxygen atoms in total. The Kier molecular flexibility index (Phi) is 5.12. The second-order valence-corrected chi connectivity index (χ2v) is 5.26. The Morgan fingerprint density at radius 3 is 2.70 bits per heavy atom. The first kappa shape index (κ1) is 14.5. The molecule has 0 radical (unpaired) electrons. The minimum atomic E-state index is -0.250. The second-order valence-electron chi connectivity index (χ2n) is 4.35. The molecular formula is C15H16BrN3O. The van der Waals surface area contributed by atoms with Crippen molar-refractivity contribution in [1.82, 2.24) is 10.4 Å². The van der Waals surface area contributed by atoms with Crippen LogP contribution in [0.1, 0.15) is 35.8 Å². The van der Waals surface area contributed by atoms with Gasteiger partial charge in [0.15, 0.2) is 0 Å². The number of rotatable bonds is 5. The van der Waals surface area contributed by atoms with E-state index in [0.29, 0.717) is 5.69 Å². The molecule has 0 spiro atoms. The summed E-state index contributed by atoms with van der Waals surface area (Å²) in [7, 11) is 0. The lowest BCUT2D eigenvalue weighted by molar-refractivity contribution is 0.0950. The number of halogens is 1. The van der Waals surface area contributed by atoms with Crippen LogP contribution in [0.25, 0.3) is 0 Å². The van der Waals surface area contributed by atoms with Crippen molar-refractivity contribution >= 4 is 27.5 Å². The highest BCUT2D eigenvalue weighted by Crippen LogP contribution is 2.10. The van der Waals surface area contributed by atoms with Crippen molar-refractivity contribution in [2.24, 2.45) is 5.10 Å². The SMILES string of the molecule is CCC/C(=N/NC(=O)c1cc(Br)c[nH]1)c1ccccc1. The molecule has 1 aromatic heterocycles. The molecule has 0 bridgehead atoms. The number of amides is 1. The van der Waals surface area contributed by atoms with Crippen LogP contribution in [0.4, 0.5) is 0 Å². The van der Waals surface area contributed by atoms with Crippen LogP contribution < -0.4 is 5.43 Å². The molecule has 0 saturated carbocycles. The van der Waals surface area contributed by atoms with E-state index < -0.39 is 0 Å². The average Bonchev–Trinajstić information content (AvgIpc) is 2.91. The first-order chi connectivity index (χ1) is 9.70. The highest BCUT2D eigenvalue weighted by atomic mass is 79.9. The van der Waals surface area contributed by atoms with E-state index in [1.807, 2.05) is 30.3 Å². The van der Waals surface area contributed by atoms with E-state index in [1.54, 1.807) is 12.3 Å². The Labute approximate surface area is 126 Å². The number of carbonyl (C=O) groups excluding carboxylic acids is 1. The van der Waals surface area contributed by atoms with Gasteiger partial charge in [0.05, 0.1) is 5.71 Å². The highest BCUT2D eigenvalue weighted by molar-refractivity contribution is 9.10. The molecule has 0 saturated heterocycles. The maximum atomic E-state index is 11.9. The summed E-state index contributed by atoms with van der Waals surface area (Å²) >= 11 is 3.29. The van der Waals surface area contributed by atoms with Gasteiger partial charge in [0.2, 0.25) is 0 Å². The molecule has 2 rings (SSSR count). The third kappa shape index (κ3) is 3.81. The summed E-state index contributed by atoms with van der Waals surface area (Å²) in [5.74, 6) is -0.250. The summed E-state index contributed by atoms with van der Waals surface area (Å²) in [6.45, 7) is 2.09. The normalized spacial score (nSPS) is 11.4. The average molecular weight is 334 g/mol. The number of hydrazone groups is 1. The van der Waals surface area contributed by atoms with Gasteiger partial charge in [-0.15, -0.1) is 0 Å². The lowest BCUT2D eigenvalue weighted by atomic mass is 10.1. The van der Waals surface area contributed by atoms with Crippen LogP contribution in [-0.4, -0.2) is 16.6 Å². The number of aromatic nitrogens is 1. The van der Waals surface area contributed by atoms with Crippen molar-refractivity contribution in [3.05, 3.63) is 58.3 Å². The molecule has 0 atom stereocenters. The highest BCUT2D eigenvalue weighted by Gasteiger charge is 2.08. The van der Waals surface area contributed by atoms with Crippen molar-refractivity contribution in [1.29, 1.82) is 0 Å². The maximum Gasteiger partial charge on any atom is 0.287 e. The van der Waals surface area contributed by atoms with Gasteiger partial charge in [-0.3, -0.25) is 4.79 Å². The second kappa shape index (κ2) is 7.05. The molecule has 1 aromatic carbocycles. The first-order valence-corrected chi connectivity index (χ1v) is 7.26. The number of carbonyl (C=O) groups is 1. The molecular weight excluding hydrogens is 318 g/mol. The number of hydrogen-bond acceptors (Lipinski definition) is 2. The topological polar surface area (TPSA) is 57.2 Å². The van der Waals surface area contributed by atoms with Gasteiger partial charge in [-0.05, 0) is 34.0 Å². The van der Waals surface area contributed by atoms with Crippen molar-refractivity contribution in [3.8, 4) is 0 Å². The molecule has 0 aliphatic rings. The number of nitrogens with zero attached hydrogens (tertiary/aromatic N) is 1. The number of aromatic amines is 1. The van der Waals surface area contributed by atoms with Crippen LogP contribution in [0, 0.1) is 0 Å². The zero-order valence-electron chi connectivity index (χ0n) is 11.2. The summed E-state index contributed by atoms with van der Waals surface area (Å²) in [6, 6.07) is 11.6. The molecule has 0 aliphatic carbocycles. The summed E-state index contributed by atoms with van der Waals surface area (Å²) in [5.41, 5.74) is 4.98. The molecule has 5 heteroatoms. The van der Waals surface area contributed by atoms with E-state index in [9.17, 15) is 4.79 Å². The largest absolute Gasteiger partial charge is 0.356 e. The number of nitrogens with one attached hydrogen (secondary N) is 2. The van der Waals surface area contributed by atoms with Crippen LogP contribution in [0.3, 0.4) is 0 Å². The van der Waals surface area contributed by atoms with Gasteiger partial charge in [0.1, 0.15) is 5.69 Å². The predicted molar refractivity (Wildman–Crippen MR) is 83.8 cm³/mol. The summed E-state index contributed by atoms with van der Waals surface area (Å²) in [4.78, 5) is 14.8. The fourth-order valence-corrected chi connectivity index (χ4v) is 2.15. The van der Waals surface area contributed by atoms with Gasteiger partial charge in [-0.1, -0.05) is 43.7 Å². The fraction of sp³-hybridized carbons (Fsp3) is 0.200. The zero-order valence-corrected chi connectivity index (χ0v) is 12.8. The molecule has 2 aromatic rings. The first-order valence-electron chi connectivity index (χ1n) is 6.47. The van der Waals surface area contributed by atoms with E-state index in [2.05, 4.69) is 38.4 Å². The summed E-state index contributed by atoms with van der Waals surface area (Å²) < 4.78 is 0.837. The molecule has 1 amide bonds. The van der Waals surface area contributed by atoms with Crippen molar-refractivity contribution in [3.63, 3.8) is 0 Å². The van der Waals surface area contributed by atoms with Crippen LogP contribution in [-0.2, 0) is 0 Å². The Balaban J connectivity index is 2.12. The molecule has 0 aliphatic heterocycles. The van der Waals surface area contributed by atoms with Crippen molar-refractivity contribution in [2.45, 2.75) is 19.8 Å². The van der Waals surface area contributed by atoms with Crippen LogP contribution in [0.2, 0.25) is 0 Å². The number of hydrogen-bond donors (Lipinski definition) is 2. The molecule has 104 valence electrons. The monoisotopic (exact) mass is 333 g/mol. The molecule has 1 heterocycles. The number of H-pyrrole nitrogens is 1. The van der Waals surface area contributed by atoms with Gasteiger partial charge in [0, 0.05) is 10.7 Å². The third-order valence-corrected chi connectivity index (χ3v) is 3.24. The van der Waals surface area contributed by atoms with E-state index in [4.69, 9.17) is 0 Å². The molecule has 20 heavy (non-hydrogen) atoms. The summed E-state index contributed by atoms with van der Waals surface area (Å²) in [6.07, 6.45) is 3.50. The lowest BCUT2D eigenvalue weighted by Gasteiger charge is -2.05. The van der Waals surface area contributed by atoms with Crippen LogP contribution in [0.15, 0.2) is 52.2 Å². The van der Waals surface area contributed by atoms with E-state index >= 15 is 0 Å². The standard InChI is InChI=1S/C15H16BrN3O/c1-2-6-13(11-7-4-3-5-8-11)18-19-15(20)14-9-12(16)10-17-14/h3-5,7-10,17H,2,6H2,1H3,(H,19,20)/b18-13-.